The fourth-order valence-corrected chi connectivity index (χ4v) is 3.51. The van der Waals surface area contributed by atoms with E-state index in [1.54, 1.807) is 11.4 Å². The number of rotatable bonds is 5. The highest BCUT2D eigenvalue weighted by atomic mass is 32.1. The molecule has 0 saturated carbocycles. The summed E-state index contributed by atoms with van der Waals surface area (Å²) < 4.78 is 32.4. The van der Waals surface area contributed by atoms with Gasteiger partial charge >= 0.3 is 0 Å². The number of halogens is 2. The molecule has 3 heterocycles. The molecule has 2 N–H and O–H groups in total. The van der Waals surface area contributed by atoms with Crippen molar-refractivity contribution in [2.24, 2.45) is 0 Å². The zero-order valence-corrected chi connectivity index (χ0v) is 15.1. The maximum atomic E-state index is 13.4. The first-order chi connectivity index (χ1) is 13.2. The standard InChI is InChI=1S/C18H17F2N5OS/c19-13-2-1-11(7-14(13)20)15-9-27-18(24-15)25-16-8-17(23-10-22-16)26-12-3-5-21-6-4-12/h1-2,7-10,12,21H,3-6H2,(H,22,23,24,25). The Bertz CT molecular complexity index is 930. The van der Waals surface area contributed by atoms with E-state index in [1.165, 1.54) is 23.7 Å². The van der Waals surface area contributed by atoms with E-state index in [0.29, 0.717) is 28.1 Å². The second-order valence-electron chi connectivity index (χ2n) is 6.10. The third-order valence-electron chi connectivity index (χ3n) is 4.17. The number of nitrogens with one attached hydrogen (secondary N) is 2. The lowest BCUT2D eigenvalue weighted by atomic mass is 10.1. The van der Waals surface area contributed by atoms with Gasteiger partial charge < -0.3 is 15.4 Å². The molecule has 0 amide bonds. The van der Waals surface area contributed by atoms with Crippen molar-refractivity contribution in [3.05, 3.63) is 47.6 Å². The van der Waals surface area contributed by atoms with Gasteiger partial charge in [0.2, 0.25) is 5.88 Å². The summed E-state index contributed by atoms with van der Waals surface area (Å²) in [5.41, 5.74) is 1.07. The fourth-order valence-electron chi connectivity index (χ4n) is 2.79. The molecule has 9 heteroatoms. The summed E-state index contributed by atoms with van der Waals surface area (Å²) in [7, 11) is 0. The average molecular weight is 389 g/mol. The van der Waals surface area contributed by atoms with Crippen LogP contribution < -0.4 is 15.4 Å². The summed E-state index contributed by atoms with van der Waals surface area (Å²) in [6, 6.07) is 5.43. The number of thiazole rings is 1. The van der Waals surface area contributed by atoms with E-state index in [-0.39, 0.29) is 6.10 Å². The van der Waals surface area contributed by atoms with E-state index in [0.717, 1.165) is 38.1 Å². The Morgan fingerprint density at radius 3 is 2.78 bits per heavy atom. The van der Waals surface area contributed by atoms with Gasteiger partial charge in [0.15, 0.2) is 16.8 Å². The van der Waals surface area contributed by atoms with Gasteiger partial charge in [-0.25, -0.2) is 23.7 Å². The number of hydrogen-bond donors (Lipinski definition) is 2. The fraction of sp³-hybridized carbons (Fsp3) is 0.278. The van der Waals surface area contributed by atoms with Gasteiger partial charge in [-0.05, 0) is 44.1 Å². The third kappa shape index (κ3) is 4.37. The van der Waals surface area contributed by atoms with E-state index in [9.17, 15) is 8.78 Å². The normalized spacial score (nSPS) is 14.9. The highest BCUT2D eigenvalue weighted by molar-refractivity contribution is 7.14. The van der Waals surface area contributed by atoms with Crippen LogP contribution in [0.4, 0.5) is 19.7 Å². The van der Waals surface area contributed by atoms with Crippen LogP contribution in [0, 0.1) is 11.6 Å². The molecule has 4 rings (SSSR count). The molecule has 0 spiro atoms. The minimum atomic E-state index is -0.898. The summed E-state index contributed by atoms with van der Waals surface area (Å²) in [6.45, 7) is 1.87. The number of anilines is 2. The Morgan fingerprint density at radius 1 is 1.11 bits per heavy atom. The lowest BCUT2D eigenvalue weighted by Gasteiger charge is -2.23. The Morgan fingerprint density at radius 2 is 1.96 bits per heavy atom. The smallest absolute Gasteiger partial charge is 0.218 e. The van der Waals surface area contributed by atoms with Crippen LogP contribution in [0.15, 0.2) is 36.0 Å². The van der Waals surface area contributed by atoms with Crippen molar-refractivity contribution in [1.29, 1.82) is 0 Å². The molecule has 1 aliphatic heterocycles. The minimum absolute atomic E-state index is 0.147. The lowest BCUT2D eigenvalue weighted by Crippen LogP contribution is -2.34. The molecular formula is C18H17F2N5OS. The SMILES string of the molecule is Fc1ccc(-c2csc(Nc3cc(OC4CCNCC4)ncn3)n2)cc1F. The van der Waals surface area contributed by atoms with Crippen molar-refractivity contribution in [2.75, 3.05) is 18.4 Å². The third-order valence-corrected chi connectivity index (χ3v) is 4.93. The van der Waals surface area contributed by atoms with Crippen molar-refractivity contribution >= 4 is 22.3 Å². The molecule has 2 aromatic heterocycles. The molecule has 0 aliphatic carbocycles. The van der Waals surface area contributed by atoms with Crippen LogP contribution in [0.3, 0.4) is 0 Å². The van der Waals surface area contributed by atoms with Crippen molar-refractivity contribution in [1.82, 2.24) is 20.3 Å². The molecule has 0 atom stereocenters. The van der Waals surface area contributed by atoms with Gasteiger partial charge in [0.05, 0.1) is 5.69 Å². The Balaban J connectivity index is 1.45. The molecular weight excluding hydrogens is 372 g/mol. The molecule has 0 unspecified atom stereocenters. The second-order valence-corrected chi connectivity index (χ2v) is 6.96. The van der Waals surface area contributed by atoms with Gasteiger partial charge in [-0.2, -0.15) is 0 Å². The molecule has 1 aliphatic rings. The summed E-state index contributed by atoms with van der Waals surface area (Å²) in [5.74, 6) is -0.711. The van der Waals surface area contributed by atoms with Crippen molar-refractivity contribution < 1.29 is 13.5 Å². The molecule has 3 aromatic rings. The number of hydrogen-bond acceptors (Lipinski definition) is 7. The van der Waals surface area contributed by atoms with Crippen LogP contribution >= 0.6 is 11.3 Å². The van der Waals surface area contributed by atoms with Crippen LogP contribution in [-0.4, -0.2) is 34.1 Å². The maximum absolute atomic E-state index is 13.4. The highest BCUT2D eigenvalue weighted by Crippen LogP contribution is 2.28. The first kappa shape index (κ1) is 17.7. The predicted octanol–water partition coefficient (Wildman–Crippen LogP) is 3.75. The topological polar surface area (TPSA) is 72.0 Å². The Hall–Kier alpha value is -2.65. The maximum Gasteiger partial charge on any atom is 0.218 e. The second kappa shape index (κ2) is 7.93. The van der Waals surface area contributed by atoms with Gasteiger partial charge in [-0.15, -0.1) is 11.3 Å². The molecule has 0 bridgehead atoms. The number of nitrogens with zero attached hydrogens (tertiary/aromatic N) is 3. The largest absolute Gasteiger partial charge is 0.474 e. The van der Waals surface area contributed by atoms with Gasteiger partial charge in [0.1, 0.15) is 18.2 Å². The van der Waals surface area contributed by atoms with E-state index >= 15 is 0 Å². The number of ether oxygens (including phenoxy) is 1. The van der Waals surface area contributed by atoms with E-state index in [4.69, 9.17) is 4.74 Å². The van der Waals surface area contributed by atoms with Crippen LogP contribution in [0.2, 0.25) is 0 Å². The summed E-state index contributed by atoms with van der Waals surface area (Å²) in [4.78, 5) is 12.7. The highest BCUT2D eigenvalue weighted by Gasteiger charge is 2.15. The molecule has 1 aromatic carbocycles. The van der Waals surface area contributed by atoms with Crippen LogP contribution in [0.25, 0.3) is 11.3 Å². The summed E-state index contributed by atoms with van der Waals surface area (Å²) in [5, 5.41) is 8.74. The number of piperidine rings is 1. The molecule has 0 radical (unpaired) electrons. The van der Waals surface area contributed by atoms with Crippen LogP contribution in [0.5, 0.6) is 5.88 Å². The molecule has 1 saturated heterocycles. The lowest BCUT2D eigenvalue weighted by molar-refractivity contribution is 0.156. The van der Waals surface area contributed by atoms with Gasteiger partial charge in [0, 0.05) is 17.0 Å². The summed E-state index contributed by atoms with van der Waals surface area (Å²) >= 11 is 1.34. The van der Waals surface area contributed by atoms with E-state index < -0.39 is 11.6 Å². The molecule has 140 valence electrons. The molecule has 27 heavy (non-hydrogen) atoms. The number of benzene rings is 1. The van der Waals surface area contributed by atoms with Crippen LogP contribution in [-0.2, 0) is 0 Å². The first-order valence-corrected chi connectivity index (χ1v) is 9.43. The average Bonchev–Trinajstić information content (AvgIpc) is 3.13. The van der Waals surface area contributed by atoms with E-state index in [2.05, 4.69) is 25.6 Å². The van der Waals surface area contributed by atoms with Crippen molar-refractivity contribution in [3.63, 3.8) is 0 Å². The molecule has 6 nitrogen and oxygen atoms in total. The van der Waals surface area contributed by atoms with Crippen molar-refractivity contribution in [3.8, 4) is 17.1 Å². The predicted molar refractivity (Wildman–Crippen MR) is 99.3 cm³/mol. The zero-order valence-electron chi connectivity index (χ0n) is 14.3. The summed E-state index contributed by atoms with van der Waals surface area (Å²) in [6.07, 6.45) is 3.46. The Kier molecular flexibility index (Phi) is 5.21. The number of aromatic nitrogens is 3. The van der Waals surface area contributed by atoms with Gasteiger partial charge in [0.25, 0.3) is 0 Å². The zero-order chi connectivity index (χ0) is 18.6. The van der Waals surface area contributed by atoms with E-state index in [1.807, 2.05) is 0 Å². The Labute approximate surface area is 158 Å². The van der Waals surface area contributed by atoms with Gasteiger partial charge in [-0.3, -0.25) is 0 Å². The monoisotopic (exact) mass is 389 g/mol. The minimum Gasteiger partial charge on any atom is -0.474 e. The van der Waals surface area contributed by atoms with Crippen LogP contribution in [0.1, 0.15) is 12.8 Å². The quantitative estimate of drug-likeness (QED) is 0.692. The molecule has 1 fully saturated rings. The van der Waals surface area contributed by atoms with Crippen molar-refractivity contribution in [2.45, 2.75) is 18.9 Å². The first-order valence-electron chi connectivity index (χ1n) is 8.55. The van der Waals surface area contributed by atoms with Gasteiger partial charge in [-0.1, -0.05) is 0 Å².